The largest absolute Gasteiger partial charge is 1.00 e. The Labute approximate surface area is 134 Å². The van der Waals surface area contributed by atoms with Crippen LogP contribution >= 0.6 is 0 Å². The summed E-state index contributed by atoms with van der Waals surface area (Å²) < 4.78 is 0. The van der Waals surface area contributed by atoms with Gasteiger partial charge in [0.15, 0.2) is 0 Å². The minimum atomic E-state index is 0. The molecule has 0 unspecified atom stereocenters. The summed E-state index contributed by atoms with van der Waals surface area (Å²) in [6.07, 6.45) is 4.03. The van der Waals surface area contributed by atoms with Crippen molar-refractivity contribution in [2.24, 2.45) is 0 Å². The molecule has 3 heteroatoms. The van der Waals surface area contributed by atoms with Crippen molar-refractivity contribution in [1.82, 2.24) is 0 Å². The Morgan fingerprint density at radius 1 is 1.10 bits per heavy atom. The number of aromatic hydroxyl groups is 1. The first-order valence-corrected chi connectivity index (χ1v) is 7.54. The average molecular weight is 342 g/mol. The lowest BCUT2D eigenvalue weighted by Crippen LogP contribution is -3.11. The van der Waals surface area contributed by atoms with Crippen LogP contribution in [0.2, 0.25) is 0 Å². The maximum atomic E-state index is 10.6. The van der Waals surface area contributed by atoms with E-state index in [0.29, 0.717) is 5.75 Å². The smallest absolute Gasteiger partial charge is 0.128 e. The fraction of sp³-hybridized carbons (Fsp3) is 0.647. The predicted molar refractivity (Wildman–Crippen MR) is 79.8 cm³/mol. The highest BCUT2D eigenvalue weighted by molar-refractivity contribution is 5.46. The zero-order valence-corrected chi connectivity index (χ0v) is 14.8. The van der Waals surface area contributed by atoms with Gasteiger partial charge in [-0.1, -0.05) is 32.4 Å². The number of aryl methyl sites for hydroxylation is 1. The molecular weight excluding hydrogens is 314 g/mol. The number of benzene rings is 1. The second-order valence-electron chi connectivity index (χ2n) is 7.06. The number of nitrogens with one attached hydrogen (secondary N) is 1. The molecule has 114 valence electrons. The van der Waals surface area contributed by atoms with E-state index in [-0.39, 0.29) is 22.4 Å². The highest BCUT2D eigenvalue weighted by Gasteiger charge is 2.23. The SMILES string of the molecule is Cc1cc(C[NH+]2CCCCC2)c(O)c(C(C)(C)C)c1.[Br-]. The lowest BCUT2D eigenvalue weighted by atomic mass is 9.84. The summed E-state index contributed by atoms with van der Waals surface area (Å²) in [5.41, 5.74) is 3.47. The molecule has 1 aromatic carbocycles. The van der Waals surface area contributed by atoms with Gasteiger partial charge in [-0.05, 0) is 43.2 Å². The monoisotopic (exact) mass is 341 g/mol. The molecule has 1 heterocycles. The zero-order valence-electron chi connectivity index (χ0n) is 13.2. The Balaban J connectivity index is 0.00000200. The molecule has 0 bridgehead atoms. The zero-order chi connectivity index (χ0) is 14.0. The molecule has 0 atom stereocenters. The molecule has 0 aliphatic carbocycles. The minimum absolute atomic E-state index is 0. The topological polar surface area (TPSA) is 24.7 Å². The Morgan fingerprint density at radius 3 is 2.25 bits per heavy atom. The van der Waals surface area contributed by atoms with Crippen molar-refractivity contribution in [3.8, 4) is 5.75 Å². The quantitative estimate of drug-likeness (QED) is 0.749. The molecule has 1 saturated heterocycles. The second-order valence-corrected chi connectivity index (χ2v) is 7.06. The summed E-state index contributed by atoms with van der Waals surface area (Å²) in [7, 11) is 0. The van der Waals surface area contributed by atoms with Gasteiger partial charge in [0.05, 0.1) is 13.1 Å². The number of piperidine rings is 1. The van der Waals surface area contributed by atoms with Gasteiger partial charge < -0.3 is 27.0 Å². The van der Waals surface area contributed by atoms with E-state index >= 15 is 0 Å². The summed E-state index contributed by atoms with van der Waals surface area (Å²) >= 11 is 0. The minimum Gasteiger partial charge on any atom is -1.00 e. The maximum absolute atomic E-state index is 10.6. The van der Waals surface area contributed by atoms with Crippen LogP contribution in [0.15, 0.2) is 12.1 Å². The maximum Gasteiger partial charge on any atom is 0.128 e. The molecule has 0 amide bonds. The highest BCUT2D eigenvalue weighted by Crippen LogP contribution is 2.34. The van der Waals surface area contributed by atoms with E-state index in [2.05, 4.69) is 39.8 Å². The predicted octanol–water partition coefficient (Wildman–Crippen LogP) is -0.429. The molecule has 1 aliphatic heterocycles. The summed E-state index contributed by atoms with van der Waals surface area (Å²) in [6, 6.07) is 4.29. The van der Waals surface area contributed by atoms with Gasteiger partial charge in [-0.3, -0.25) is 0 Å². The fourth-order valence-corrected chi connectivity index (χ4v) is 3.06. The third-order valence-electron chi connectivity index (χ3n) is 4.14. The molecule has 20 heavy (non-hydrogen) atoms. The standard InChI is InChI=1S/C17H27NO.BrH/c1-13-10-14(12-18-8-6-5-7-9-18)16(19)15(11-13)17(2,3)4;/h10-11,19H,5-9,12H2,1-4H3;1H. The number of likely N-dealkylation sites (tertiary alicyclic amines) is 1. The number of phenolic OH excluding ortho intramolecular Hbond substituents is 1. The summed E-state index contributed by atoms with van der Waals surface area (Å²) in [4.78, 5) is 1.62. The molecule has 1 fully saturated rings. The Bertz CT molecular complexity index is 445. The van der Waals surface area contributed by atoms with E-state index in [4.69, 9.17) is 0 Å². The van der Waals surface area contributed by atoms with Crippen LogP contribution in [0, 0.1) is 6.92 Å². The summed E-state index contributed by atoms with van der Waals surface area (Å²) in [5, 5.41) is 10.6. The second kappa shape index (κ2) is 6.95. The van der Waals surface area contributed by atoms with E-state index in [9.17, 15) is 5.11 Å². The van der Waals surface area contributed by atoms with E-state index < -0.39 is 0 Å². The summed E-state index contributed by atoms with van der Waals surface area (Å²) in [6.45, 7) is 12.1. The molecule has 1 aromatic rings. The Kier molecular flexibility index (Phi) is 6.08. The van der Waals surface area contributed by atoms with Crippen LogP contribution in [-0.4, -0.2) is 18.2 Å². The molecule has 0 aromatic heterocycles. The number of hydrogen-bond acceptors (Lipinski definition) is 1. The van der Waals surface area contributed by atoms with Crippen LogP contribution in [0.4, 0.5) is 0 Å². The molecule has 0 radical (unpaired) electrons. The molecule has 0 spiro atoms. The first kappa shape index (κ1) is 17.5. The van der Waals surface area contributed by atoms with Crippen molar-refractivity contribution < 1.29 is 27.0 Å². The van der Waals surface area contributed by atoms with E-state index in [1.807, 2.05) is 0 Å². The first-order valence-electron chi connectivity index (χ1n) is 7.54. The molecule has 2 rings (SSSR count). The van der Waals surface area contributed by atoms with Crippen molar-refractivity contribution >= 4 is 0 Å². The normalized spacial score (nSPS) is 16.8. The molecular formula is C17H28BrNO. The van der Waals surface area contributed by atoms with Crippen LogP contribution in [0.3, 0.4) is 0 Å². The molecule has 0 saturated carbocycles. The Morgan fingerprint density at radius 2 is 1.70 bits per heavy atom. The first-order chi connectivity index (χ1) is 8.88. The van der Waals surface area contributed by atoms with Gasteiger partial charge in [-0.15, -0.1) is 0 Å². The molecule has 2 N–H and O–H groups in total. The Hall–Kier alpha value is -0.540. The third-order valence-corrected chi connectivity index (χ3v) is 4.14. The van der Waals surface area contributed by atoms with Gasteiger partial charge in [-0.2, -0.15) is 0 Å². The van der Waals surface area contributed by atoms with Crippen molar-refractivity contribution in [2.45, 2.75) is 58.9 Å². The van der Waals surface area contributed by atoms with Crippen molar-refractivity contribution in [2.75, 3.05) is 13.1 Å². The number of hydrogen-bond donors (Lipinski definition) is 2. The summed E-state index contributed by atoms with van der Waals surface area (Å²) in [5.74, 6) is 0.524. The van der Waals surface area contributed by atoms with Crippen LogP contribution < -0.4 is 21.9 Å². The van der Waals surface area contributed by atoms with Crippen molar-refractivity contribution in [3.63, 3.8) is 0 Å². The van der Waals surface area contributed by atoms with Gasteiger partial charge in [0.1, 0.15) is 12.3 Å². The number of halogens is 1. The third kappa shape index (κ3) is 4.23. The lowest BCUT2D eigenvalue weighted by Gasteiger charge is -2.26. The van der Waals surface area contributed by atoms with E-state index in [0.717, 1.165) is 17.7 Å². The average Bonchev–Trinajstić information content (AvgIpc) is 2.33. The van der Waals surface area contributed by atoms with Gasteiger partial charge >= 0.3 is 0 Å². The van der Waals surface area contributed by atoms with Crippen LogP contribution in [0.25, 0.3) is 0 Å². The fourth-order valence-electron chi connectivity index (χ4n) is 3.06. The van der Waals surface area contributed by atoms with Crippen molar-refractivity contribution in [3.05, 3.63) is 28.8 Å². The molecule has 1 aliphatic rings. The van der Waals surface area contributed by atoms with Crippen molar-refractivity contribution in [1.29, 1.82) is 0 Å². The number of phenols is 1. The number of rotatable bonds is 2. The van der Waals surface area contributed by atoms with Gasteiger partial charge in [0, 0.05) is 5.56 Å². The lowest BCUT2D eigenvalue weighted by molar-refractivity contribution is -0.918. The van der Waals surface area contributed by atoms with E-state index in [1.165, 1.54) is 37.9 Å². The van der Waals surface area contributed by atoms with Crippen LogP contribution in [0.5, 0.6) is 5.75 Å². The highest BCUT2D eigenvalue weighted by atomic mass is 79.9. The van der Waals surface area contributed by atoms with Gasteiger partial charge in [0.25, 0.3) is 0 Å². The number of quaternary nitrogens is 1. The van der Waals surface area contributed by atoms with Gasteiger partial charge in [-0.25, -0.2) is 0 Å². The van der Waals surface area contributed by atoms with Gasteiger partial charge in [0.2, 0.25) is 0 Å². The van der Waals surface area contributed by atoms with Crippen LogP contribution in [-0.2, 0) is 12.0 Å². The molecule has 2 nitrogen and oxygen atoms in total. The van der Waals surface area contributed by atoms with Crippen LogP contribution in [0.1, 0.15) is 56.7 Å². The van der Waals surface area contributed by atoms with E-state index in [1.54, 1.807) is 4.90 Å².